The van der Waals surface area contributed by atoms with Crippen LogP contribution in [-0.4, -0.2) is 45.6 Å². The average Bonchev–Trinajstić information content (AvgIpc) is 3.21. The third-order valence-electron chi connectivity index (χ3n) is 4.93. The molecular weight excluding hydrogens is 358 g/mol. The molecule has 0 spiro atoms. The number of nitrogens with zero attached hydrogens (tertiary/aromatic N) is 3. The van der Waals surface area contributed by atoms with Crippen molar-refractivity contribution in [2.45, 2.75) is 25.3 Å². The van der Waals surface area contributed by atoms with Crippen LogP contribution in [0.5, 0.6) is 0 Å². The van der Waals surface area contributed by atoms with Crippen molar-refractivity contribution in [3.63, 3.8) is 0 Å². The first-order chi connectivity index (χ1) is 13.0. The number of aromatic nitrogens is 2. The second kappa shape index (κ2) is 6.98. The third-order valence-corrected chi connectivity index (χ3v) is 4.93. The molecule has 4 rings (SSSR count). The van der Waals surface area contributed by atoms with E-state index in [0.29, 0.717) is 25.4 Å². The van der Waals surface area contributed by atoms with Gasteiger partial charge >= 0.3 is 6.09 Å². The number of anilines is 1. The van der Waals surface area contributed by atoms with Crippen molar-refractivity contribution < 1.29 is 23.1 Å². The van der Waals surface area contributed by atoms with Gasteiger partial charge in [0.1, 0.15) is 24.6 Å². The number of piperidine rings is 1. The van der Waals surface area contributed by atoms with Crippen molar-refractivity contribution in [2.24, 2.45) is 5.92 Å². The standard InChI is InChI=1S/C18H18F2N4O3/c19-12-5-13(20)7-14(6-12)23-8-16(21-10-23)22-17(25)4-11-1-2-24-15(3-11)9-27-18(24)26/h5-8,10-11,15H,1-4,9H2,(H,22,25)/t11-,15+/m0/s1. The van der Waals surface area contributed by atoms with E-state index in [0.717, 1.165) is 18.9 Å². The van der Waals surface area contributed by atoms with Crippen molar-refractivity contribution in [3.05, 3.63) is 42.4 Å². The summed E-state index contributed by atoms with van der Waals surface area (Å²) in [5, 5.41) is 2.71. The number of ether oxygens (including phenoxy) is 1. The monoisotopic (exact) mass is 376 g/mol. The lowest BCUT2D eigenvalue weighted by Gasteiger charge is -2.31. The molecule has 0 unspecified atom stereocenters. The topological polar surface area (TPSA) is 76.5 Å². The third kappa shape index (κ3) is 3.76. The summed E-state index contributed by atoms with van der Waals surface area (Å²) in [5.74, 6) is -1.09. The molecule has 7 nitrogen and oxygen atoms in total. The molecule has 1 aromatic heterocycles. The smallest absolute Gasteiger partial charge is 0.410 e. The molecule has 27 heavy (non-hydrogen) atoms. The first kappa shape index (κ1) is 17.4. The maximum atomic E-state index is 13.3. The van der Waals surface area contributed by atoms with Crippen LogP contribution in [0.4, 0.5) is 19.4 Å². The lowest BCUT2D eigenvalue weighted by molar-refractivity contribution is -0.117. The van der Waals surface area contributed by atoms with E-state index in [1.54, 1.807) is 4.90 Å². The van der Waals surface area contributed by atoms with Gasteiger partial charge in [-0.2, -0.15) is 0 Å². The van der Waals surface area contributed by atoms with E-state index in [2.05, 4.69) is 10.3 Å². The van der Waals surface area contributed by atoms with Crippen LogP contribution in [-0.2, 0) is 9.53 Å². The van der Waals surface area contributed by atoms with E-state index in [9.17, 15) is 18.4 Å². The molecule has 0 bridgehead atoms. The number of benzene rings is 1. The lowest BCUT2D eigenvalue weighted by atomic mass is 9.89. The number of hydrogen-bond donors (Lipinski definition) is 1. The van der Waals surface area contributed by atoms with Gasteiger partial charge in [-0.15, -0.1) is 0 Å². The highest BCUT2D eigenvalue weighted by atomic mass is 19.1. The normalized spacial score (nSPS) is 21.7. The van der Waals surface area contributed by atoms with Crippen LogP contribution in [0.1, 0.15) is 19.3 Å². The summed E-state index contributed by atoms with van der Waals surface area (Å²) in [6.07, 6.45) is 4.40. The molecule has 2 fully saturated rings. The van der Waals surface area contributed by atoms with Crippen molar-refractivity contribution >= 4 is 17.8 Å². The molecule has 0 aliphatic carbocycles. The van der Waals surface area contributed by atoms with Crippen LogP contribution >= 0.6 is 0 Å². The second-order valence-electron chi connectivity index (χ2n) is 6.86. The summed E-state index contributed by atoms with van der Waals surface area (Å²) >= 11 is 0. The van der Waals surface area contributed by atoms with E-state index in [4.69, 9.17) is 4.74 Å². The summed E-state index contributed by atoms with van der Waals surface area (Å²) < 4.78 is 33.1. The van der Waals surface area contributed by atoms with Crippen LogP contribution in [0.2, 0.25) is 0 Å². The minimum Gasteiger partial charge on any atom is -0.447 e. The molecule has 2 aliphatic rings. The van der Waals surface area contributed by atoms with Crippen molar-refractivity contribution in [3.8, 4) is 5.69 Å². The van der Waals surface area contributed by atoms with Gasteiger partial charge in [0.05, 0.1) is 17.9 Å². The average molecular weight is 376 g/mol. The van der Waals surface area contributed by atoms with Gasteiger partial charge < -0.3 is 19.5 Å². The Hall–Kier alpha value is -2.97. The van der Waals surface area contributed by atoms with Crippen LogP contribution in [0.15, 0.2) is 30.7 Å². The van der Waals surface area contributed by atoms with Crippen LogP contribution < -0.4 is 5.32 Å². The fraction of sp³-hybridized carbons (Fsp3) is 0.389. The number of amides is 2. The van der Waals surface area contributed by atoms with Gasteiger partial charge in [-0.05, 0) is 30.9 Å². The maximum absolute atomic E-state index is 13.3. The number of imidazole rings is 1. The van der Waals surface area contributed by atoms with Gasteiger partial charge in [0.15, 0.2) is 5.82 Å². The maximum Gasteiger partial charge on any atom is 0.410 e. The Labute approximate surface area is 153 Å². The van der Waals surface area contributed by atoms with Gasteiger partial charge in [0.25, 0.3) is 0 Å². The fourth-order valence-corrected chi connectivity index (χ4v) is 3.64. The summed E-state index contributed by atoms with van der Waals surface area (Å²) in [6.45, 7) is 0.979. The Morgan fingerprint density at radius 1 is 1.30 bits per heavy atom. The zero-order valence-electron chi connectivity index (χ0n) is 14.4. The van der Waals surface area contributed by atoms with Gasteiger partial charge in [-0.1, -0.05) is 0 Å². The van der Waals surface area contributed by atoms with E-state index < -0.39 is 11.6 Å². The molecule has 2 aliphatic heterocycles. The molecule has 2 aromatic rings. The molecule has 9 heteroatoms. The number of carbonyl (C=O) groups excluding carboxylic acids is 2. The minimum absolute atomic E-state index is 0.0473. The fourth-order valence-electron chi connectivity index (χ4n) is 3.64. The molecule has 2 atom stereocenters. The molecule has 1 aromatic carbocycles. The summed E-state index contributed by atoms with van der Waals surface area (Å²) in [7, 11) is 0. The number of rotatable bonds is 4. The highest BCUT2D eigenvalue weighted by Gasteiger charge is 2.38. The molecule has 2 amide bonds. The lowest BCUT2D eigenvalue weighted by Crippen LogP contribution is -2.41. The molecule has 142 valence electrons. The van der Waals surface area contributed by atoms with Crippen molar-refractivity contribution in [1.29, 1.82) is 0 Å². The number of halogens is 2. The van der Waals surface area contributed by atoms with Crippen molar-refractivity contribution in [1.82, 2.24) is 14.5 Å². The Kier molecular flexibility index (Phi) is 4.51. The molecular formula is C18H18F2N4O3. The Morgan fingerprint density at radius 2 is 2.07 bits per heavy atom. The number of fused-ring (bicyclic) bond motifs is 1. The van der Waals surface area contributed by atoms with Crippen LogP contribution in [0.25, 0.3) is 5.69 Å². The Bertz CT molecular complexity index is 865. The zero-order chi connectivity index (χ0) is 19.0. The quantitative estimate of drug-likeness (QED) is 0.890. The number of nitrogens with one attached hydrogen (secondary N) is 1. The number of cyclic esters (lactones) is 1. The largest absolute Gasteiger partial charge is 0.447 e. The molecule has 3 heterocycles. The van der Waals surface area contributed by atoms with Gasteiger partial charge in [0.2, 0.25) is 5.91 Å². The zero-order valence-corrected chi connectivity index (χ0v) is 14.4. The molecule has 2 saturated heterocycles. The number of carbonyl (C=O) groups is 2. The van der Waals surface area contributed by atoms with Gasteiger partial charge in [0, 0.05) is 19.0 Å². The summed E-state index contributed by atoms with van der Waals surface area (Å²) in [5.41, 5.74) is 0.277. The van der Waals surface area contributed by atoms with Gasteiger partial charge in [-0.3, -0.25) is 4.79 Å². The predicted octanol–water partition coefficient (Wildman–Crippen LogP) is 2.71. The van der Waals surface area contributed by atoms with E-state index >= 15 is 0 Å². The second-order valence-corrected chi connectivity index (χ2v) is 6.86. The van der Waals surface area contributed by atoms with Crippen LogP contribution in [0.3, 0.4) is 0 Å². The molecule has 1 N–H and O–H groups in total. The minimum atomic E-state index is -0.690. The van der Waals surface area contributed by atoms with Crippen molar-refractivity contribution in [2.75, 3.05) is 18.5 Å². The van der Waals surface area contributed by atoms with Crippen LogP contribution in [0, 0.1) is 17.6 Å². The molecule has 0 saturated carbocycles. The van der Waals surface area contributed by atoms with E-state index in [1.807, 2.05) is 0 Å². The summed E-state index contributed by atoms with van der Waals surface area (Å²) in [4.78, 5) is 29.6. The van der Waals surface area contributed by atoms with E-state index in [1.165, 1.54) is 29.2 Å². The highest BCUT2D eigenvalue weighted by molar-refractivity contribution is 5.89. The highest BCUT2D eigenvalue weighted by Crippen LogP contribution is 2.29. The van der Waals surface area contributed by atoms with Gasteiger partial charge in [-0.25, -0.2) is 18.6 Å². The number of hydrogen-bond acceptors (Lipinski definition) is 4. The first-order valence-electron chi connectivity index (χ1n) is 8.71. The Balaban J connectivity index is 1.35. The van der Waals surface area contributed by atoms with E-state index in [-0.39, 0.29) is 29.6 Å². The predicted molar refractivity (Wildman–Crippen MR) is 91.3 cm³/mol. The first-order valence-corrected chi connectivity index (χ1v) is 8.71. The summed E-state index contributed by atoms with van der Waals surface area (Å²) in [6, 6.07) is 3.19. The Morgan fingerprint density at radius 3 is 2.85 bits per heavy atom. The molecule has 0 radical (unpaired) electrons. The SMILES string of the molecule is O=C(C[C@H]1CCN2C(=O)OC[C@H]2C1)Nc1cn(-c2cc(F)cc(F)c2)cn1.